The molecule has 0 saturated heterocycles. The van der Waals surface area contributed by atoms with Gasteiger partial charge in [0, 0.05) is 12.0 Å². The van der Waals surface area contributed by atoms with Crippen molar-refractivity contribution in [2.45, 2.75) is 33.6 Å². The molecule has 0 aliphatic rings. The Kier molecular flexibility index (Phi) is 4.20. The molecule has 0 aliphatic heterocycles. The van der Waals surface area contributed by atoms with Crippen molar-refractivity contribution in [2.24, 2.45) is 0 Å². The first-order chi connectivity index (χ1) is 8.95. The van der Waals surface area contributed by atoms with Gasteiger partial charge in [0.25, 0.3) is 0 Å². The summed E-state index contributed by atoms with van der Waals surface area (Å²) in [4.78, 5) is 8.77. The van der Waals surface area contributed by atoms with Gasteiger partial charge in [-0.25, -0.2) is 4.98 Å². The maximum absolute atomic E-state index is 5.85. The maximum atomic E-state index is 5.85. The lowest BCUT2D eigenvalue weighted by Crippen LogP contribution is -2.00. The third-order valence-corrected chi connectivity index (χ3v) is 3.16. The van der Waals surface area contributed by atoms with Gasteiger partial charge in [0.05, 0.1) is 0 Å². The minimum Gasteiger partial charge on any atom is -0.439 e. The van der Waals surface area contributed by atoms with E-state index in [0.29, 0.717) is 5.88 Å². The number of benzene rings is 1. The largest absolute Gasteiger partial charge is 0.439 e. The average molecular weight is 321 g/mol. The first-order valence-corrected chi connectivity index (χ1v) is 7.04. The summed E-state index contributed by atoms with van der Waals surface area (Å²) in [5.41, 5.74) is 2.32. The van der Waals surface area contributed by atoms with E-state index < -0.39 is 0 Å². The van der Waals surface area contributed by atoms with Crippen molar-refractivity contribution in [1.82, 2.24) is 9.97 Å². The zero-order chi connectivity index (χ0) is 14.0. The molecule has 0 unspecified atom stereocenters. The van der Waals surface area contributed by atoms with Gasteiger partial charge < -0.3 is 4.74 Å². The molecule has 19 heavy (non-hydrogen) atoms. The van der Waals surface area contributed by atoms with E-state index in [2.05, 4.69) is 52.7 Å². The van der Waals surface area contributed by atoms with Crippen LogP contribution in [0.5, 0.6) is 11.6 Å². The Bertz CT molecular complexity index is 597. The van der Waals surface area contributed by atoms with Gasteiger partial charge in [-0.05, 0) is 41.4 Å². The highest BCUT2D eigenvalue weighted by molar-refractivity contribution is 9.10. The second-order valence-corrected chi connectivity index (χ2v) is 5.73. The maximum Gasteiger partial charge on any atom is 0.223 e. The number of hydrogen-bond acceptors (Lipinski definition) is 3. The lowest BCUT2D eigenvalue weighted by atomic mass is 10.1. The molecule has 1 heterocycles. The van der Waals surface area contributed by atoms with Crippen molar-refractivity contribution < 1.29 is 4.74 Å². The molecule has 0 spiro atoms. The van der Waals surface area contributed by atoms with Crippen molar-refractivity contribution in [3.63, 3.8) is 0 Å². The Morgan fingerprint density at radius 3 is 2.47 bits per heavy atom. The first-order valence-electron chi connectivity index (χ1n) is 6.25. The van der Waals surface area contributed by atoms with E-state index in [1.165, 1.54) is 5.56 Å². The molecular formula is C15H17BrN2O. The van der Waals surface area contributed by atoms with E-state index in [4.69, 9.17) is 4.74 Å². The summed E-state index contributed by atoms with van der Waals surface area (Å²) in [7, 11) is 0. The predicted molar refractivity (Wildman–Crippen MR) is 79.8 cm³/mol. The van der Waals surface area contributed by atoms with Crippen LogP contribution < -0.4 is 4.74 Å². The number of ether oxygens (including phenoxy) is 1. The molecule has 0 atom stereocenters. The molecule has 0 bridgehead atoms. The number of hydrogen-bond donors (Lipinski definition) is 0. The highest BCUT2D eigenvalue weighted by atomic mass is 79.9. The minimum atomic E-state index is 0.263. The fourth-order valence-electron chi connectivity index (χ4n) is 1.75. The van der Waals surface area contributed by atoms with E-state index in [9.17, 15) is 0 Å². The highest BCUT2D eigenvalue weighted by Gasteiger charge is 2.09. The smallest absolute Gasteiger partial charge is 0.223 e. The summed E-state index contributed by atoms with van der Waals surface area (Å²) in [6, 6.07) is 7.87. The second-order valence-electron chi connectivity index (χ2n) is 4.91. The van der Waals surface area contributed by atoms with Gasteiger partial charge in [-0.2, -0.15) is 4.98 Å². The van der Waals surface area contributed by atoms with Gasteiger partial charge in [-0.15, -0.1) is 0 Å². The van der Waals surface area contributed by atoms with Crippen LogP contribution in [0, 0.1) is 13.8 Å². The van der Waals surface area contributed by atoms with Crippen LogP contribution in [0.15, 0.2) is 28.9 Å². The van der Waals surface area contributed by atoms with Crippen molar-refractivity contribution >= 4 is 15.9 Å². The lowest BCUT2D eigenvalue weighted by molar-refractivity contribution is 0.452. The molecule has 4 heteroatoms. The predicted octanol–water partition coefficient (Wildman–Crippen LogP) is 4.77. The number of halogens is 1. The van der Waals surface area contributed by atoms with Gasteiger partial charge in [0.2, 0.25) is 5.88 Å². The van der Waals surface area contributed by atoms with Crippen LogP contribution in [0.25, 0.3) is 0 Å². The number of nitrogens with zero attached hydrogens (tertiary/aromatic N) is 2. The van der Waals surface area contributed by atoms with E-state index in [1.807, 2.05) is 19.1 Å². The van der Waals surface area contributed by atoms with Gasteiger partial charge in [0.15, 0.2) is 0 Å². The lowest BCUT2D eigenvalue weighted by Gasteiger charge is -2.11. The Hall–Kier alpha value is -1.42. The third kappa shape index (κ3) is 3.53. The van der Waals surface area contributed by atoms with Crippen molar-refractivity contribution in [3.8, 4) is 11.6 Å². The number of aromatic nitrogens is 2. The summed E-state index contributed by atoms with van der Waals surface area (Å²) in [6.07, 6.45) is 0. The molecular weight excluding hydrogens is 304 g/mol. The summed E-state index contributed by atoms with van der Waals surface area (Å²) in [5, 5.41) is 0. The third-order valence-electron chi connectivity index (χ3n) is 2.75. The topological polar surface area (TPSA) is 35.0 Å². The molecule has 0 aliphatic carbocycles. The molecule has 3 nitrogen and oxygen atoms in total. The summed E-state index contributed by atoms with van der Waals surface area (Å²) < 4.78 is 6.60. The molecule has 100 valence electrons. The molecule has 2 aromatic rings. The van der Waals surface area contributed by atoms with Crippen LogP contribution in [0.4, 0.5) is 0 Å². The summed E-state index contributed by atoms with van der Waals surface area (Å²) >= 11 is 3.39. The Morgan fingerprint density at radius 1 is 1.11 bits per heavy atom. The molecule has 1 aromatic heterocycles. The quantitative estimate of drug-likeness (QED) is 0.764. The van der Waals surface area contributed by atoms with Crippen LogP contribution in [-0.4, -0.2) is 9.97 Å². The Morgan fingerprint density at radius 2 is 1.84 bits per heavy atom. The van der Waals surface area contributed by atoms with Crippen LogP contribution in [0.3, 0.4) is 0 Å². The highest BCUT2D eigenvalue weighted by Crippen LogP contribution is 2.27. The van der Waals surface area contributed by atoms with Crippen LogP contribution >= 0.6 is 15.9 Å². The monoisotopic (exact) mass is 320 g/mol. The molecule has 0 radical (unpaired) electrons. The second kappa shape index (κ2) is 5.70. The van der Waals surface area contributed by atoms with E-state index >= 15 is 0 Å². The first kappa shape index (κ1) is 14.0. The zero-order valence-electron chi connectivity index (χ0n) is 11.6. The van der Waals surface area contributed by atoms with Gasteiger partial charge >= 0.3 is 0 Å². The van der Waals surface area contributed by atoms with Crippen LogP contribution in [-0.2, 0) is 0 Å². The minimum absolute atomic E-state index is 0.263. The number of aryl methyl sites for hydroxylation is 2. The zero-order valence-corrected chi connectivity index (χ0v) is 13.2. The Labute approximate surface area is 122 Å². The SMILES string of the molecule is Cc1ccc(Oc2cc(Br)nc(C(C)C)n2)c(C)c1. The molecule has 0 N–H and O–H groups in total. The van der Waals surface area contributed by atoms with E-state index in [-0.39, 0.29) is 5.92 Å². The molecule has 0 amide bonds. The van der Waals surface area contributed by atoms with Crippen LogP contribution in [0.1, 0.15) is 36.7 Å². The van der Waals surface area contributed by atoms with E-state index in [1.54, 1.807) is 6.07 Å². The molecule has 0 saturated carbocycles. The van der Waals surface area contributed by atoms with Gasteiger partial charge in [-0.3, -0.25) is 0 Å². The van der Waals surface area contributed by atoms with Crippen molar-refractivity contribution in [3.05, 3.63) is 45.8 Å². The Balaban J connectivity index is 2.32. The number of rotatable bonds is 3. The average Bonchev–Trinajstić information content (AvgIpc) is 2.32. The summed E-state index contributed by atoms with van der Waals surface area (Å²) in [5.74, 6) is 2.43. The van der Waals surface area contributed by atoms with Crippen molar-refractivity contribution in [1.29, 1.82) is 0 Å². The van der Waals surface area contributed by atoms with Crippen LogP contribution in [0.2, 0.25) is 0 Å². The van der Waals surface area contributed by atoms with Gasteiger partial charge in [0.1, 0.15) is 16.2 Å². The van der Waals surface area contributed by atoms with E-state index in [0.717, 1.165) is 21.7 Å². The molecule has 0 fully saturated rings. The van der Waals surface area contributed by atoms with Crippen molar-refractivity contribution in [2.75, 3.05) is 0 Å². The molecule has 2 rings (SSSR count). The summed E-state index contributed by atoms with van der Waals surface area (Å²) in [6.45, 7) is 8.21. The van der Waals surface area contributed by atoms with Gasteiger partial charge in [-0.1, -0.05) is 31.5 Å². The standard InChI is InChI=1S/C15H17BrN2O/c1-9(2)15-17-13(16)8-14(18-15)19-12-6-5-10(3)7-11(12)4/h5-9H,1-4H3. The molecule has 1 aromatic carbocycles. The fraction of sp³-hybridized carbons (Fsp3) is 0.333. The normalized spacial score (nSPS) is 10.8. The fourth-order valence-corrected chi connectivity index (χ4v) is 2.13.